The molecule has 4 aliphatic rings. The minimum absolute atomic E-state index is 0.0298. The molecule has 2 aromatic carbocycles. The van der Waals surface area contributed by atoms with E-state index in [9.17, 15) is 48.7 Å². The number of halogens is 2. The molecule has 0 amide bonds. The minimum Gasteiger partial charge on any atom is -0.462 e. The third kappa shape index (κ3) is 15.7. The van der Waals surface area contributed by atoms with Crippen LogP contribution >= 0.6 is 62.8 Å². The number of carbonyl (C=O) groups excluding carboxylic acids is 2. The number of nitrogens with zero attached hydrogens (tertiary/aromatic N) is 2. The standard InChI is InChI=1S/2C25H32ClN2O9PS/c2*1-15(22(31)35-17-5-3-4-6-17)14-38(33,37-18-9-7-16(26)8-10-18)34-13-19-21(30)25(2,32)23(36-19)28-12-11-20(29)27-24(28)39/h2*7-12,15,17,19,21,23,30,32H,3-6,13-14H2,1-2H3,(H,27,29,39)/t15-,19-,21+,23-,25?,38+;15-,19-,21+,23-,25?,38-/m11/s1/i2*13D2. The topological polar surface area (TPSA) is 299 Å². The molecular weight excluding hydrogens is 1140 g/mol. The number of aliphatic hydroxyl groups excluding tert-OH is 2. The molecule has 0 radical (unpaired) electrons. The smallest absolute Gasteiger partial charge is 0.380 e. The molecule has 4 aromatic rings. The summed E-state index contributed by atoms with van der Waals surface area (Å²) in [7, 11) is -9.06. The SMILES string of the molecule is [2H]C([2H])(O[P@@](=O)(C[C@@H](C)C(=O)OC1CCCC1)Oc1ccc(Cl)cc1)[C@H]1O[C@@H](n2ccc(=O)[nH]c2=S)C(C)(O)[C@H]1O.[2H]C([2H])(O[P@](=O)(C[C@@H](C)C(=O)OC1CCCC1)Oc1ccc(Cl)cc1)[C@H]1O[C@@H](n2ccc(=O)[nH]c2=S)C(C)(O)[C@H]1O. The lowest BCUT2D eigenvalue weighted by Crippen LogP contribution is -2.44. The normalized spacial score (nSPS) is 28.8. The first-order valence-electron chi connectivity index (χ1n) is 26.9. The Morgan fingerprint density at radius 2 is 1.01 bits per heavy atom. The van der Waals surface area contributed by atoms with Crippen molar-refractivity contribution in [3.8, 4) is 11.5 Å². The fraction of sp³-hybridized carbons (Fsp3) is 0.560. The van der Waals surface area contributed by atoms with Crippen molar-refractivity contribution in [3.63, 3.8) is 0 Å². The third-order valence-corrected chi connectivity index (χ3v) is 18.1. The van der Waals surface area contributed by atoms with Crippen LogP contribution in [-0.2, 0) is 46.7 Å². The molecule has 2 saturated heterocycles. The van der Waals surface area contributed by atoms with Gasteiger partial charge < -0.3 is 48.4 Å². The van der Waals surface area contributed by atoms with Gasteiger partial charge >= 0.3 is 27.1 Å². The van der Waals surface area contributed by atoms with Crippen molar-refractivity contribution in [3.05, 3.63) is 113 Å². The lowest BCUT2D eigenvalue weighted by atomic mass is 9.96. The van der Waals surface area contributed by atoms with Crippen molar-refractivity contribution in [2.45, 2.75) is 139 Å². The van der Waals surface area contributed by atoms with Crippen LogP contribution in [0.1, 0.15) is 97.0 Å². The number of ether oxygens (including phenoxy) is 4. The Kier molecular flexibility index (Phi) is 18.8. The zero-order valence-corrected chi connectivity index (χ0v) is 47.6. The summed E-state index contributed by atoms with van der Waals surface area (Å²) < 4.78 is 109. The Morgan fingerprint density at radius 3 is 1.33 bits per heavy atom. The van der Waals surface area contributed by atoms with Crippen LogP contribution in [0.3, 0.4) is 0 Å². The maximum absolute atomic E-state index is 14.1. The first kappa shape index (κ1) is 55.8. The molecule has 8 rings (SSSR count). The number of rotatable bonds is 20. The Hall–Kier alpha value is -4.10. The summed E-state index contributed by atoms with van der Waals surface area (Å²) in [6.07, 6.45) is -3.04. The average Bonchev–Trinajstić information content (AvgIpc) is 4.24. The van der Waals surface area contributed by atoms with Gasteiger partial charge in [0.15, 0.2) is 22.0 Å². The van der Waals surface area contributed by atoms with Gasteiger partial charge in [-0.05, 0) is 138 Å². The highest BCUT2D eigenvalue weighted by Crippen LogP contribution is 2.53. The maximum Gasteiger partial charge on any atom is 0.380 e. The summed E-state index contributed by atoms with van der Waals surface area (Å²) >= 11 is 22.1. The molecule has 2 aliphatic heterocycles. The van der Waals surface area contributed by atoms with Crippen molar-refractivity contribution in [2.24, 2.45) is 11.8 Å². The van der Waals surface area contributed by atoms with Crippen LogP contribution in [0, 0.1) is 21.4 Å². The van der Waals surface area contributed by atoms with Crippen molar-refractivity contribution in [1.82, 2.24) is 19.1 Å². The molecule has 2 aromatic heterocycles. The molecule has 4 heterocycles. The van der Waals surface area contributed by atoms with Gasteiger partial charge in [0, 0.05) is 34.6 Å². The number of benzene rings is 2. The Morgan fingerprint density at radius 1 is 0.679 bits per heavy atom. The van der Waals surface area contributed by atoms with E-state index in [0.29, 0.717) is 10.0 Å². The second-order valence-electron chi connectivity index (χ2n) is 19.8. The van der Waals surface area contributed by atoms with Crippen molar-refractivity contribution < 1.29 is 81.7 Å². The van der Waals surface area contributed by atoms with E-state index in [1.54, 1.807) is 0 Å². The highest BCUT2D eigenvalue weighted by Gasteiger charge is 2.55. The fourth-order valence-electron chi connectivity index (χ4n) is 8.87. The molecule has 4 fully saturated rings. The molecule has 0 bridgehead atoms. The van der Waals surface area contributed by atoms with Gasteiger partial charge in [0.25, 0.3) is 11.1 Å². The molecule has 78 heavy (non-hydrogen) atoms. The Balaban J connectivity index is 0.000000236. The second-order valence-corrected chi connectivity index (χ2v) is 25.3. The predicted molar refractivity (Wildman–Crippen MR) is 289 cm³/mol. The van der Waals surface area contributed by atoms with Gasteiger partial charge in [-0.2, -0.15) is 0 Å². The van der Waals surface area contributed by atoms with Crippen LogP contribution in [-0.4, -0.2) is 125 Å². The van der Waals surface area contributed by atoms with Crippen LogP contribution in [0.2, 0.25) is 10.0 Å². The Bertz CT molecular complexity index is 3040. The van der Waals surface area contributed by atoms with Gasteiger partial charge in [-0.15, -0.1) is 0 Å². The predicted octanol–water partition coefficient (Wildman–Crippen LogP) is 7.96. The highest BCUT2D eigenvalue weighted by molar-refractivity contribution is 7.71. The fourth-order valence-corrected chi connectivity index (χ4v) is 13.1. The van der Waals surface area contributed by atoms with Gasteiger partial charge in [0.1, 0.15) is 59.3 Å². The zero-order valence-electron chi connectivity index (χ0n) is 46.6. The largest absolute Gasteiger partial charge is 0.462 e. The highest BCUT2D eigenvalue weighted by atomic mass is 35.5. The number of hydrogen-bond donors (Lipinski definition) is 6. The molecule has 0 spiro atoms. The summed E-state index contributed by atoms with van der Waals surface area (Å²) in [6.45, 7) is -0.743. The van der Waals surface area contributed by atoms with Crippen LogP contribution in [0.5, 0.6) is 11.5 Å². The second kappa shape index (κ2) is 26.2. The number of H-pyrrole nitrogens is 2. The summed E-state index contributed by atoms with van der Waals surface area (Å²) in [4.78, 5) is 53.5. The molecular formula is C50H64Cl2N4O18P2S2. The minimum atomic E-state index is -4.53. The number of esters is 2. The van der Waals surface area contributed by atoms with E-state index < -0.39 is 124 Å². The monoisotopic (exact) mass is 1210 g/mol. The van der Waals surface area contributed by atoms with Gasteiger partial charge in [-0.3, -0.25) is 47.3 Å². The van der Waals surface area contributed by atoms with E-state index in [-0.39, 0.29) is 33.2 Å². The molecule has 428 valence electrons. The molecule has 2 saturated carbocycles. The van der Waals surface area contributed by atoms with E-state index in [4.69, 9.17) is 90.2 Å². The zero-order chi connectivity index (χ0) is 60.3. The number of nitrogens with one attached hydrogen (secondary N) is 2. The average molecular weight is 1210 g/mol. The lowest BCUT2D eigenvalue weighted by molar-refractivity contribution is -0.153. The molecule has 12 atom stereocenters. The van der Waals surface area contributed by atoms with E-state index in [1.165, 1.54) is 88.6 Å². The van der Waals surface area contributed by atoms with E-state index in [0.717, 1.165) is 72.6 Å². The number of aliphatic hydroxyl groups is 4. The Labute approximate surface area is 474 Å². The van der Waals surface area contributed by atoms with Crippen LogP contribution in [0.15, 0.2) is 82.6 Å². The molecule has 6 N–H and O–H groups in total. The molecule has 2 unspecified atom stereocenters. The first-order valence-corrected chi connectivity index (χ1v) is 29.9. The van der Waals surface area contributed by atoms with Gasteiger partial charge in [-0.25, -0.2) is 9.13 Å². The van der Waals surface area contributed by atoms with Gasteiger partial charge in [0.2, 0.25) is 0 Å². The van der Waals surface area contributed by atoms with Crippen molar-refractivity contribution >= 4 is 74.8 Å². The quantitative estimate of drug-likeness (QED) is 0.0278. The van der Waals surface area contributed by atoms with Crippen LogP contribution in [0.25, 0.3) is 0 Å². The van der Waals surface area contributed by atoms with E-state index >= 15 is 0 Å². The third-order valence-electron chi connectivity index (χ3n) is 13.2. The summed E-state index contributed by atoms with van der Waals surface area (Å²) in [5.74, 6) is -3.21. The summed E-state index contributed by atoms with van der Waals surface area (Å²) in [5.41, 5.74) is -5.28. The summed E-state index contributed by atoms with van der Waals surface area (Å²) in [5, 5.41) is 44.8. The van der Waals surface area contributed by atoms with Crippen LogP contribution in [0.4, 0.5) is 0 Å². The van der Waals surface area contributed by atoms with Gasteiger partial charge in [0.05, 0.1) is 42.8 Å². The van der Waals surface area contributed by atoms with Crippen LogP contribution < -0.4 is 20.2 Å². The van der Waals surface area contributed by atoms with Crippen molar-refractivity contribution in [1.29, 1.82) is 0 Å². The van der Waals surface area contributed by atoms with E-state index in [2.05, 4.69) is 9.97 Å². The summed E-state index contributed by atoms with van der Waals surface area (Å²) in [6, 6.07) is 13.7. The van der Waals surface area contributed by atoms with Crippen molar-refractivity contribution in [2.75, 3.05) is 25.4 Å². The number of aromatic amines is 2. The number of hydrogen-bond acceptors (Lipinski definition) is 20. The lowest BCUT2D eigenvalue weighted by Gasteiger charge is -2.28. The molecule has 22 nitrogen and oxygen atoms in total. The molecule has 2 aliphatic carbocycles. The van der Waals surface area contributed by atoms with Gasteiger partial charge in [-0.1, -0.05) is 37.0 Å². The number of carbonyl (C=O) groups is 2. The molecule has 28 heteroatoms. The first-order chi connectivity index (χ1) is 38.2. The number of aromatic nitrogens is 4. The maximum atomic E-state index is 14.1. The van der Waals surface area contributed by atoms with E-state index in [1.807, 2.05) is 0 Å².